The summed E-state index contributed by atoms with van der Waals surface area (Å²) in [6.45, 7) is 11.8. The molecule has 0 spiro atoms. The third kappa shape index (κ3) is 4.66. The van der Waals surface area contributed by atoms with Crippen LogP contribution in [-0.2, 0) is 16.8 Å². The van der Waals surface area contributed by atoms with Crippen LogP contribution < -0.4 is 4.90 Å². The van der Waals surface area contributed by atoms with E-state index in [9.17, 15) is 18.4 Å². The fourth-order valence-corrected chi connectivity index (χ4v) is 5.01. The minimum absolute atomic E-state index is 0.0220. The van der Waals surface area contributed by atoms with Gasteiger partial charge in [0, 0.05) is 49.7 Å². The molecule has 11 heteroatoms. The topological polar surface area (TPSA) is 95.7 Å². The van der Waals surface area contributed by atoms with Gasteiger partial charge in [0.05, 0.1) is 23.2 Å². The minimum Gasteiger partial charge on any atom is -0.415 e. The van der Waals surface area contributed by atoms with Crippen LogP contribution in [0.25, 0.3) is 11.5 Å². The zero-order chi connectivity index (χ0) is 27.2. The van der Waals surface area contributed by atoms with Crippen LogP contribution in [0.3, 0.4) is 0 Å². The summed E-state index contributed by atoms with van der Waals surface area (Å²) >= 11 is 0. The van der Waals surface area contributed by atoms with E-state index in [0.717, 1.165) is 37.4 Å². The highest BCUT2D eigenvalue weighted by Gasteiger charge is 2.44. The van der Waals surface area contributed by atoms with E-state index in [1.807, 2.05) is 32.0 Å². The van der Waals surface area contributed by atoms with Crippen molar-refractivity contribution >= 4 is 17.5 Å². The molecule has 5 rings (SSSR count). The number of piperazine rings is 1. The predicted molar refractivity (Wildman–Crippen MR) is 136 cm³/mol. The zero-order valence-corrected chi connectivity index (χ0v) is 21.8. The van der Waals surface area contributed by atoms with E-state index in [-0.39, 0.29) is 24.2 Å². The Bertz CT molecular complexity index is 1350. The quantitative estimate of drug-likeness (QED) is 0.446. The Morgan fingerprint density at radius 2 is 1.76 bits per heavy atom. The van der Waals surface area contributed by atoms with Crippen molar-refractivity contribution in [3.8, 4) is 11.5 Å². The van der Waals surface area contributed by atoms with E-state index in [0.29, 0.717) is 22.9 Å². The Morgan fingerprint density at radius 3 is 2.37 bits per heavy atom. The van der Waals surface area contributed by atoms with Crippen molar-refractivity contribution in [2.75, 3.05) is 31.1 Å². The van der Waals surface area contributed by atoms with Crippen molar-refractivity contribution < 1.29 is 22.8 Å². The number of nitrogens with zero attached hydrogens (tertiary/aromatic N) is 6. The van der Waals surface area contributed by atoms with Crippen LogP contribution in [0, 0.1) is 0 Å². The number of hydrogen-bond donors (Lipinski definition) is 0. The molecule has 0 radical (unpaired) electrons. The molecule has 2 aliphatic rings. The van der Waals surface area contributed by atoms with Crippen LogP contribution in [0.15, 0.2) is 40.9 Å². The van der Waals surface area contributed by atoms with Gasteiger partial charge < -0.3 is 9.32 Å². The molecule has 0 atom stereocenters. The molecular formula is C27H30F2N6O3. The van der Waals surface area contributed by atoms with E-state index in [2.05, 4.69) is 38.8 Å². The highest BCUT2D eigenvalue weighted by Crippen LogP contribution is 2.37. The lowest BCUT2D eigenvalue weighted by molar-refractivity contribution is -0.134. The number of rotatable bonds is 6. The standard InChI is InChI=1S/C27H30F2N6O3/c1-16(2)33-9-11-34(12-10-33)19-7-8-20-21(13-19)27(3,4)26(37)35(25(20)36)15-18-6-5-17(14-30-18)23-31-32-24(38-23)22(28)29/h5-8,13-14,16,22H,9-12,15H2,1-4H3. The molecule has 1 aromatic carbocycles. The third-order valence-corrected chi connectivity index (χ3v) is 7.36. The second-order valence-electron chi connectivity index (χ2n) is 10.5. The number of fused-ring (bicyclic) bond motifs is 1. The first kappa shape index (κ1) is 25.9. The van der Waals surface area contributed by atoms with Crippen molar-refractivity contribution in [1.82, 2.24) is 25.0 Å². The summed E-state index contributed by atoms with van der Waals surface area (Å²) in [6.07, 6.45) is -1.47. The number of alkyl halides is 2. The Hall–Kier alpha value is -3.73. The van der Waals surface area contributed by atoms with Crippen LogP contribution in [0.1, 0.15) is 61.6 Å². The van der Waals surface area contributed by atoms with Crippen LogP contribution in [0.4, 0.5) is 14.5 Å². The van der Waals surface area contributed by atoms with Gasteiger partial charge in [-0.1, -0.05) is 0 Å². The molecule has 4 heterocycles. The maximum Gasteiger partial charge on any atom is 0.314 e. The fraction of sp³-hybridized carbons (Fsp3) is 0.444. The lowest BCUT2D eigenvalue weighted by atomic mass is 9.77. The summed E-state index contributed by atoms with van der Waals surface area (Å²) in [5.41, 5.74) is 2.15. The molecule has 2 amide bonds. The molecule has 0 unspecified atom stereocenters. The lowest BCUT2D eigenvalue weighted by Gasteiger charge is -2.40. The summed E-state index contributed by atoms with van der Waals surface area (Å²) in [7, 11) is 0. The number of carbonyl (C=O) groups is 2. The Morgan fingerprint density at radius 1 is 1.03 bits per heavy atom. The van der Waals surface area contributed by atoms with E-state index in [1.165, 1.54) is 11.1 Å². The Balaban J connectivity index is 1.35. The molecule has 38 heavy (non-hydrogen) atoms. The largest absolute Gasteiger partial charge is 0.415 e. The number of aromatic nitrogens is 3. The summed E-state index contributed by atoms with van der Waals surface area (Å²) in [5.74, 6) is -1.53. The first-order chi connectivity index (χ1) is 18.1. The van der Waals surface area contributed by atoms with E-state index >= 15 is 0 Å². The molecule has 1 fully saturated rings. The Kier molecular flexibility index (Phi) is 6.72. The number of amides is 2. The fourth-order valence-electron chi connectivity index (χ4n) is 5.01. The number of imide groups is 1. The molecule has 1 saturated heterocycles. The first-order valence-corrected chi connectivity index (χ1v) is 12.6. The van der Waals surface area contributed by atoms with Gasteiger partial charge in [0.2, 0.25) is 11.8 Å². The molecule has 3 aromatic rings. The number of hydrogen-bond acceptors (Lipinski definition) is 8. The van der Waals surface area contributed by atoms with Crippen molar-refractivity contribution in [1.29, 1.82) is 0 Å². The van der Waals surface area contributed by atoms with Gasteiger partial charge >= 0.3 is 6.43 Å². The number of anilines is 1. The van der Waals surface area contributed by atoms with Crippen LogP contribution >= 0.6 is 0 Å². The Labute approximate surface area is 219 Å². The molecular weight excluding hydrogens is 494 g/mol. The van der Waals surface area contributed by atoms with E-state index in [4.69, 9.17) is 4.42 Å². The minimum atomic E-state index is -2.86. The average molecular weight is 525 g/mol. The number of halogens is 2. The van der Waals surface area contributed by atoms with Gasteiger partial charge in [-0.2, -0.15) is 8.78 Å². The van der Waals surface area contributed by atoms with Crippen LogP contribution in [0.5, 0.6) is 0 Å². The maximum atomic E-state index is 13.5. The predicted octanol–water partition coefficient (Wildman–Crippen LogP) is 4.06. The SMILES string of the molecule is CC(C)N1CCN(c2ccc3c(c2)C(C)(C)C(=O)N(Cc2ccc(-c4nnc(C(F)F)o4)cn2)C3=O)CC1. The van der Waals surface area contributed by atoms with Gasteiger partial charge in [0.1, 0.15) is 0 Å². The monoisotopic (exact) mass is 524 g/mol. The van der Waals surface area contributed by atoms with Gasteiger partial charge in [-0.05, 0) is 63.6 Å². The normalized spacial score (nSPS) is 18.0. The number of carbonyl (C=O) groups excluding carboxylic acids is 2. The number of pyridine rings is 1. The molecule has 200 valence electrons. The van der Waals surface area contributed by atoms with Gasteiger partial charge in [-0.15, -0.1) is 10.2 Å². The average Bonchev–Trinajstić information content (AvgIpc) is 3.41. The van der Waals surface area contributed by atoms with Gasteiger partial charge in [0.15, 0.2) is 0 Å². The van der Waals surface area contributed by atoms with Crippen LogP contribution in [-0.4, -0.2) is 69.0 Å². The zero-order valence-electron chi connectivity index (χ0n) is 21.8. The van der Waals surface area contributed by atoms with E-state index in [1.54, 1.807) is 12.1 Å². The summed E-state index contributed by atoms with van der Waals surface area (Å²) in [4.78, 5) is 37.2. The molecule has 2 aromatic heterocycles. The van der Waals surface area contributed by atoms with Gasteiger partial charge in [-0.3, -0.25) is 24.4 Å². The summed E-state index contributed by atoms with van der Waals surface area (Å²) in [5, 5.41) is 6.93. The third-order valence-electron chi connectivity index (χ3n) is 7.36. The van der Waals surface area contributed by atoms with Crippen molar-refractivity contribution in [3.05, 3.63) is 59.2 Å². The first-order valence-electron chi connectivity index (χ1n) is 12.6. The molecule has 0 bridgehead atoms. The van der Waals surface area contributed by atoms with Gasteiger partial charge in [-0.25, -0.2) is 0 Å². The highest BCUT2D eigenvalue weighted by atomic mass is 19.3. The maximum absolute atomic E-state index is 13.5. The van der Waals surface area contributed by atoms with Crippen molar-refractivity contribution in [3.63, 3.8) is 0 Å². The molecule has 0 N–H and O–H groups in total. The van der Waals surface area contributed by atoms with Crippen LogP contribution in [0.2, 0.25) is 0 Å². The molecule has 2 aliphatic heterocycles. The van der Waals surface area contributed by atoms with Crippen molar-refractivity contribution in [2.45, 2.75) is 52.1 Å². The molecule has 0 aliphatic carbocycles. The molecule has 0 saturated carbocycles. The van der Waals surface area contributed by atoms with Crippen molar-refractivity contribution in [2.24, 2.45) is 0 Å². The number of benzene rings is 1. The van der Waals surface area contributed by atoms with Gasteiger partial charge in [0.25, 0.3) is 11.8 Å². The summed E-state index contributed by atoms with van der Waals surface area (Å²) in [6, 6.07) is 9.44. The lowest BCUT2D eigenvalue weighted by Crippen LogP contribution is -2.52. The summed E-state index contributed by atoms with van der Waals surface area (Å²) < 4.78 is 30.4. The second-order valence-corrected chi connectivity index (χ2v) is 10.5. The smallest absolute Gasteiger partial charge is 0.314 e. The molecule has 9 nitrogen and oxygen atoms in total. The highest BCUT2D eigenvalue weighted by molar-refractivity contribution is 6.13. The van der Waals surface area contributed by atoms with E-state index < -0.39 is 17.7 Å². The second kappa shape index (κ2) is 9.86.